The Kier molecular flexibility index (Phi) is 6.75. The Bertz CT molecular complexity index is 1590. The van der Waals surface area contributed by atoms with Crippen LogP contribution >= 0.6 is 11.6 Å². The average Bonchev–Trinajstić information content (AvgIpc) is 3.31. The smallest absolute Gasteiger partial charge is 0.335 e. The van der Waals surface area contributed by atoms with Crippen molar-refractivity contribution in [3.63, 3.8) is 0 Å². The number of fused-ring (bicyclic) bond motifs is 1. The fourth-order valence-corrected chi connectivity index (χ4v) is 4.67. The van der Waals surface area contributed by atoms with Crippen molar-refractivity contribution in [2.24, 2.45) is 0 Å². The molecule has 37 heavy (non-hydrogen) atoms. The van der Waals surface area contributed by atoms with Crippen LogP contribution in [0.25, 0.3) is 22.0 Å². The third-order valence-electron chi connectivity index (χ3n) is 6.35. The van der Waals surface area contributed by atoms with Crippen molar-refractivity contribution < 1.29 is 14.7 Å². The molecule has 0 aliphatic rings. The molecule has 3 aromatic carbocycles. The molecule has 0 saturated heterocycles. The van der Waals surface area contributed by atoms with E-state index < -0.39 is 5.97 Å². The largest absolute Gasteiger partial charge is 0.478 e. The predicted molar refractivity (Wildman–Crippen MR) is 145 cm³/mol. The first kappa shape index (κ1) is 24.3. The third-order valence-corrected chi connectivity index (χ3v) is 6.58. The number of amides is 1. The molecular weight excluding hydrogens is 486 g/mol. The van der Waals surface area contributed by atoms with E-state index in [4.69, 9.17) is 11.6 Å². The lowest BCUT2D eigenvalue weighted by molar-refractivity contribution is 0.0696. The number of nitrogens with zero attached hydrogens (tertiary/aromatic N) is 2. The number of benzene rings is 3. The van der Waals surface area contributed by atoms with E-state index in [1.165, 1.54) is 12.1 Å². The molecule has 5 rings (SSSR count). The van der Waals surface area contributed by atoms with Gasteiger partial charge in [-0.05, 0) is 72.1 Å². The van der Waals surface area contributed by atoms with E-state index in [0.717, 1.165) is 33.2 Å². The van der Waals surface area contributed by atoms with Gasteiger partial charge in [0, 0.05) is 41.1 Å². The van der Waals surface area contributed by atoms with Gasteiger partial charge in [-0.25, -0.2) is 4.79 Å². The number of hydrogen-bond acceptors (Lipinski definition) is 3. The summed E-state index contributed by atoms with van der Waals surface area (Å²) in [6, 6.07) is 23.6. The Morgan fingerprint density at radius 3 is 2.51 bits per heavy atom. The third kappa shape index (κ3) is 5.25. The van der Waals surface area contributed by atoms with Gasteiger partial charge in [0.2, 0.25) is 0 Å². The van der Waals surface area contributed by atoms with Crippen LogP contribution in [0.1, 0.15) is 44.8 Å². The zero-order valence-electron chi connectivity index (χ0n) is 20.1. The summed E-state index contributed by atoms with van der Waals surface area (Å²) in [6.07, 6.45) is 5.47. The number of carbonyl (C=O) groups is 2. The van der Waals surface area contributed by atoms with Crippen LogP contribution in [0.15, 0.2) is 97.5 Å². The normalized spacial score (nSPS) is 11.8. The van der Waals surface area contributed by atoms with Gasteiger partial charge in [-0.15, -0.1) is 0 Å². The highest BCUT2D eigenvalue weighted by Gasteiger charge is 2.19. The monoisotopic (exact) mass is 509 g/mol. The van der Waals surface area contributed by atoms with Crippen LogP contribution in [0.3, 0.4) is 0 Å². The topological polar surface area (TPSA) is 84.2 Å². The molecule has 0 unspecified atom stereocenters. The Morgan fingerprint density at radius 2 is 1.81 bits per heavy atom. The van der Waals surface area contributed by atoms with Crippen LogP contribution in [0, 0.1) is 0 Å². The minimum Gasteiger partial charge on any atom is -0.478 e. The average molecular weight is 510 g/mol. The summed E-state index contributed by atoms with van der Waals surface area (Å²) < 4.78 is 2.05. The van der Waals surface area contributed by atoms with Crippen molar-refractivity contribution in [1.82, 2.24) is 14.9 Å². The van der Waals surface area contributed by atoms with Crippen molar-refractivity contribution >= 4 is 34.4 Å². The van der Waals surface area contributed by atoms with Gasteiger partial charge in [-0.2, -0.15) is 0 Å². The van der Waals surface area contributed by atoms with E-state index in [0.29, 0.717) is 17.1 Å². The van der Waals surface area contributed by atoms with Crippen LogP contribution in [-0.2, 0) is 6.54 Å². The molecule has 184 valence electrons. The second-order valence-electron chi connectivity index (χ2n) is 8.90. The molecule has 0 aliphatic heterocycles. The van der Waals surface area contributed by atoms with Crippen LogP contribution < -0.4 is 5.32 Å². The standard InChI is InChI=1S/C30H24ClN3O3/c1-19(21-7-9-22(10-8-21)30(36)37)33-29(35)27-16-25(24-5-3-12-32-17-24)15-23-11-13-34(28(23)27)18-20-4-2-6-26(31)14-20/h2-17,19H,18H2,1H3,(H,33,35)(H,36,37)/t19-/m0/s1. The summed E-state index contributed by atoms with van der Waals surface area (Å²) in [5.74, 6) is -1.21. The fraction of sp³-hybridized carbons (Fsp3) is 0.100. The number of carboxylic acids is 1. The second-order valence-corrected chi connectivity index (χ2v) is 9.34. The lowest BCUT2D eigenvalue weighted by Crippen LogP contribution is -2.27. The maximum atomic E-state index is 13.7. The van der Waals surface area contributed by atoms with E-state index in [1.807, 2.05) is 61.7 Å². The van der Waals surface area contributed by atoms with Crippen molar-refractivity contribution in [3.8, 4) is 11.1 Å². The molecule has 0 radical (unpaired) electrons. The highest BCUT2D eigenvalue weighted by atomic mass is 35.5. The Labute approximate surface area is 219 Å². The van der Waals surface area contributed by atoms with Crippen LogP contribution in [0.5, 0.6) is 0 Å². The van der Waals surface area contributed by atoms with Crippen LogP contribution in [0.2, 0.25) is 5.02 Å². The van der Waals surface area contributed by atoms with Gasteiger partial charge in [0.05, 0.1) is 22.7 Å². The summed E-state index contributed by atoms with van der Waals surface area (Å²) in [5, 5.41) is 13.9. The Hall–Kier alpha value is -4.42. The lowest BCUT2D eigenvalue weighted by atomic mass is 10.00. The summed E-state index contributed by atoms with van der Waals surface area (Å²) in [5.41, 5.74) is 5.21. The van der Waals surface area contributed by atoms with Gasteiger partial charge in [0.25, 0.3) is 5.91 Å². The van der Waals surface area contributed by atoms with Crippen molar-refractivity contribution in [2.45, 2.75) is 19.5 Å². The summed E-state index contributed by atoms with van der Waals surface area (Å²) in [6.45, 7) is 2.43. The van der Waals surface area contributed by atoms with Gasteiger partial charge in [0.15, 0.2) is 0 Å². The number of carbonyl (C=O) groups excluding carboxylic acids is 1. The molecule has 0 bridgehead atoms. The number of aromatic carboxylic acids is 1. The SMILES string of the molecule is C[C@H](NC(=O)c1cc(-c2cccnc2)cc2ccn(Cc3cccc(Cl)c3)c12)c1ccc(C(=O)O)cc1. The molecule has 5 aromatic rings. The van der Waals surface area contributed by atoms with E-state index in [-0.39, 0.29) is 17.5 Å². The minimum atomic E-state index is -0.988. The predicted octanol–water partition coefficient (Wildman–Crippen LogP) is 6.59. The molecule has 6 nitrogen and oxygen atoms in total. The number of nitrogens with one attached hydrogen (secondary N) is 1. The number of carboxylic acid groups (broad SMARTS) is 1. The maximum Gasteiger partial charge on any atom is 0.335 e. The first-order valence-electron chi connectivity index (χ1n) is 11.8. The molecule has 7 heteroatoms. The first-order valence-corrected chi connectivity index (χ1v) is 12.2. The van der Waals surface area contributed by atoms with Gasteiger partial charge >= 0.3 is 5.97 Å². The number of pyridine rings is 1. The van der Waals surface area contributed by atoms with E-state index >= 15 is 0 Å². The van der Waals surface area contributed by atoms with Gasteiger partial charge in [0.1, 0.15) is 0 Å². The molecule has 0 fully saturated rings. The first-order chi connectivity index (χ1) is 17.9. The van der Waals surface area contributed by atoms with Crippen LogP contribution in [-0.4, -0.2) is 26.5 Å². The number of halogens is 1. The highest BCUT2D eigenvalue weighted by molar-refractivity contribution is 6.30. The molecular formula is C30H24ClN3O3. The minimum absolute atomic E-state index is 0.201. The van der Waals surface area contributed by atoms with E-state index in [2.05, 4.69) is 20.9 Å². The fourth-order valence-electron chi connectivity index (χ4n) is 4.46. The number of aromatic nitrogens is 2. The van der Waals surface area contributed by atoms with Gasteiger partial charge in [-0.3, -0.25) is 9.78 Å². The molecule has 1 amide bonds. The van der Waals surface area contributed by atoms with Crippen molar-refractivity contribution in [3.05, 3.63) is 125 Å². The van der Waals surface area contributed by atoms with Gasteiger partial charge < -0.3 is 15.0 Å². The molecule has 2 N–H and O–H groups in total. The summed E-state index contributed by atoms with van der Waals surface area (Å²) in [7, 11) is 0. The zero-order chi connectivity index (χ0) is 25.9. The highest BCUT2D eigenvalue weighted by Crippen LogP contribution is 2.30. The molecule has 0 aliphatic carbocycles. The second kappa shape index (κ2) is 10.3. The molecule has 1 atom stereocenters. The van der Waals surface area contributed by atoms with E-state index in [9.17, 15) is 14.7 Å². The van der Waals surface area contributed by atoms with Crippen LogP contribution in [0.4, 0.5) is 0 Å². The van der Waals surface area contributed by atoms with Crippen molar-refractivity contribution in [1.29, 1.82) is 0 Å². The van der Waals surface area contributed by atoms with Crippen molar-refractivity contribution in [2.75, 3.05) is 0 Å². The Balaban J connectivity index is 1.54. The van der Waals surface area contributed by atoms with E-state index in [1.54, 1.807) is 24.5 Å². The molecule has 2 aromatic heterocycles. The summed E-state index contributed by atoms with van der Waals surface area (Å²) >= 11 is 6.20. The summed E-state index contributed by atoms with van der Waals surface area (Å²) in [4.78, 5) is 29.1. The Morgan fingerprint density at radius 1 is 1.00 bits per heavy atom. The lowest BCUT2D eigenvalue weighted by Gasteiger charge is -2.17. The van der Waals surface area contributed by atoms with Gasteiger partial charge in [-0.1, -0.05) is 41.9 Å². The zero-order valence-corrected chi connectivity index (χ0v) is 20.8. The molecule has 2 heterocycles. The molecule has 0 saturated carbocycles. The molecule has 0 spiro atoms. The maximum absolute atomic E-state index is 13.7. The number of rotatable bonds is 7. The quantitative estimate of drug-likeness (QED) is 0.259. The number of hydrogen-bond donors (Lipinski definition) is 2.